The second kappa shape index (κ2) is 3.27. The van der Waals surface area contributed by atoms with E-state index in [0.717, 1.165) is 0 Å². The van der Waals surface area contributed by atoms with Gasteiger partial charge in [0.05, 0.1) is 6.07 Å². The zero-order valence-electron chi connectivity index (χ0n) is 9.19. The van der Waals surface area contributed by atoms with E-state index in [2.05, 4.69) is 21.4 Å². The third-order valence-electron chi connectivity index (χ3n) is 3.07. The van der Waals surface area contributed by atoms with E-state index in [-0.39, 0.29) is 17.0 Å². The van der Waals surface area contributed by atoms with Crippen LogP contribution in [0, 0.1) is 16.7 Å². The molecule has 5 nitrogen and oxygen atoms in total. The molecule has 0 aromatic carbocycles. The Balaban J connectivity index is 2.14. The molecule has 82 valence electrons. The molecule has 2 rings (SSSR count). The van der Waals surface area contributed by atoms with Crippen molar-refractivity contribution in [3.05, 3.63) is 24.3 Å². The molecule has 0 saturated heterocycles. The minimum absolute atomic E-state index is 0.162. The fourth-order valence-corrected chi connectivity index (χ4v) is 1.73. The van der Waals surface area contributed by atoms with Gasteiger partial charge in [0, 0.05) is 11.6 Å². The predicted molar refractivity (Wildman–Crippen MR) is 56.2 cm³/mol. The van der Waals surface area contributed by atoms with Gasteiger partial charge in [-0.25, -0.2) is 9.97 Å². The number of hydrogen-bond acceptors (Lipinski definition) is 4. The van der Waals surface area contributed by atoms with Crippen molar-refractivity contribution < 1.29 is 4.79 Å². The Morgan fingerprint density at radius 2 is 2.31 bits per heavy atom. The van der Waals surface area contributed by atoms with Crippen LogP contribution in [0.25, 0.3) is 0 Å². The van der Waals surface area contributed by atoms with Gasteiger partial charge in [0.25, 0.3) is 5.91 Å². The molecule has 16 heavy (non-hydrogen) atoms. The Kier molecular flexibility index (Phi) is 2.16. The van der Waals surface area contributed by atoms with Crippen LogP contribution in [0.2, 0.25) is 0 Å². The molecule has 1 aromatic rings. The molecule has 0 aliphatic heterocycles. The average molecular weight is 216 g/mol. The zero-order chi connectivity index (χ0) is 11.8. The van der Waals surface area contributed by atoms with E-state index in [1.165, 1.54) is 18.6 Å². The molecule has 1 fully saturated rings. The van der Waals surface area contributed by atoms with Crippen LogP contribution in [-0.2, 0) is 0 Å². The summed E-state index contributed by atoms with van der Waals surface area (Å²) in [4.78, 5) is 19.4. The maximum atomic E-state index is 11.8. The third-order valence-corrected chi connectivity index (χ3v) is 3.07. The topological polar surface area (TPSA) is 78.7 Å². The largest absolute Gasteiger partial charge is 0.332 e. The number of nitrogens with one attached hydrogen (secondary N) is 1. The highest BCUT2D eigenvalue weighted by atomic mass is 16.2. The summed E-state index contributed by atoms with van der Waals surface area (Å²) in [7, 11) is 0. The third kappa shape index (κ3) is 1.52. The lowest BCUT2D eigenvalue weighted by atomic mass is 10.1. The van der Waals surface area contributed by atoms with Crippen LogP contribution < -0.4 is 5.32 Å². The number of carbonyl (C=O) groups excluding carboxylic acids is 1. The summed E-state index contributed by atoms with van der Waals surface area (Å²) in [6, 6.07) is 3.69. The normalized spacial score (nSPS) is 25.6. The molecule has 1 atom stereocenters. The molecule has 0 radical (unpaired) electrons. The van der Waals surface area contributed by atoms with Crippen molar-refractivity contribution in [1.82, 2.24) is 15.3 Å². The molecule has 1 aliphatic carbocycles. The highest BCUT2D eigenvalue weighted by molar-refractivity contribution is 5.93. The van der Waals surface area contributed by atoms with E-state index in [9.17, 15) is 4.79 Å². The van der Waals surface area contributed by atoms with Crippen molar-refractivity contribution in [2.24, 2.45) is 5.41 Å². The number of nitrogens with zero attached hydrogens (tertiary/aromatic N) is 3. The summed E-state index contributed by atoms with van der Waals surface area (Å²) in [5.74, 6) is -0.325. The molecule has 1 aromatic heterocycles. The minimum atomic E-state index is -0.741. The van der Waals surface area contributed by atoms with Gasteiger partial charge < -0.3 is 5.32 Å². The Labute approximate surface area is 93.5 Å². The van der Waals surface area contributed by atoms with Gasteiger partial charge in [-0.2, -0.15) is 5.26 Å². The van der Waals surface area contributed by atoms with Gasteiger partial charge in [0.15, 0.2) is 0 Å². The molecule has 1 unspecified atom stereocenters. The second-order valence-electron chi connectivity index (χ2n) is 4.63. The SMILES string of the molecule is CC1(C)CC1(C#N)NC(=O)c1ccncn1. The fourth-order valence-electron chi connectivity index (χ4n) is 1.73. The van der Waals surface area contributed by atoms with E-state index >= 15 is 0 Å². The Morgan fingerprint density at radius 1 is 1.62 bits per heavy atom. The van der Waals surface area contributed by atoms with Crippen LogP contribution in [0.1, 0.15) is 30.8 Å². The van der Waals surface area contributed by atoms with Gasteiger partial charge in [0.1, 0.15) is 17.6 Å². The molecule has 1 saturated carbocycles. The maximum absolute atomic E-state index is 11.8. The molecular formula is C11H12N4O. The van der Waals surface area contributed by atoms with Gasteiger partial charge in [-0.05, 0) is 12.5 Å². The van der Waals surface area contributed by atoms with E-state index in [0.29, 0.717) is 6.42 Å². The monoisotopic (exact) mass is 216 g/mol. The molecule has 0 bridgehead atoms. The van der Waals surface area contributed by atoms with Crippen LogP contribution in [-0.4, -0.2) is 21.4 Å². The van der Waals surface area contributed by atoms with Crippen LogP contribution in [0.5, 0.6) is 0 Å². The lowest BCUT2D eigenvalue weighted by Crippen LogP contribution is -2.39. The lowest BCUT2D eigenvalue weighted by molar-refractivity contribution is 0.0929. The predicted octanol–water partition coefficient (Wildman–Crippen LogP) is 0.899. The number of nitriles is 1. The highest BCUT2D eigenvalue weighted by Crippen LogP contribution is 2.55. The van der Waals surface area contributed by atoms with E-state index in [1.807, 2.05) is 13.8 Å². The molecule has 5 heteroatoms. The smallest absolute Gasteiger partial charge is 0.271 e. The van der Waals surface area contributed by atoms with Gasteiger partial charge in [-0.3, -0.25) is 4.79 Å². The quantitative estimate of drug-likeness (QED) is 0.796. The number of carbonyl (C=O) groups is 1. The standard InChI is InChI=1S/C11H12N4O/c1-10(2)5-11(10,6-12)15-9(16)8-3-4-13-7-14-8/h3-4,7H,5H2,1-2H3,(H,15,16). The van der Waals surface area contributed by atoms with Crippen molar-refractivity contribution in [3.63, 3.8) is 0 Å². The summed E-state index contributed by atoms with van der Waals surface area (Å²) in [5, 5.41) is 11.8. The summed E-state index contributed by atoms with van der Waals surface area (Å²) in [6.45, 7) is 3.91. The zero-order valence-corrected chi connectivity index (χ0v) is 9.19. The molecule has 1 heterocycles. The van der Waals surface area contributed by atoms with Crippen molar-refractivity contribution in [3.8, 4) is 6.07 Å². The second-order valence-corrected chi connectivity index (χ2v) is 4.63. The Bertz CT molecular complexity index is 463. The van der Waals surface area contributed by atoms with Crippen LogP contribution in [0.4, 0.5) is 0 Å². The molecule has 1 N–H and O–H groups in total. The first-order valence-electron chi connectivity index (χ1n) is 5.01. The maximum Gasteiger partial charge on any atom is 0.271 e. The summed E-state index contributed by atoms with van der Waals surface area (Å²) in [5.41, 5.74) is -0.619. The minimum Gasteiger partial charge on any atom is -0.332 e. The van der Waals surface area contributed by atoms with Crippen LogP contribution >= 0.6 is 0 Å². The first-order chi connectivity index (χ1) is 7.51. The van der Waals surface area contributed by atoms with Crippen molar-refractivity contribution in [2.75, 3.05) is 0 Å². The first-order valence-corrected chi connectivity index (χ1v) is 5.01. The van der Waals surface area contributed by atoms with Crippen molar-refractivity contribution >= 4 is 5.91 Å². The van der Waals surface area contributed by atoms with E-state index < -0.39 is 5.54 Å². The summed E-state index contributed by atoms with van der Waals surface area (Å²) >= 11 is 0. The highest BCUT2D eigenvalue weighted by Gasteiger charge is 2.63. The van der Waals surface area contributed by atoms with Gasteiger partial charge >= 0.3 is 0 Å². The first kappa shape index (κ1) is 10.6. The average Bonchev–Trinajstić information content (AvgIpc) is 2.82. The number of rotatable bonds is 2. The summed E-state index contributed by atoms with van der Waals surface area (Å²) in [6.07, 6.45) is 3.48. The van der Waals surface area contributed by atoms with Gasteiger partial charge in [-0.1, -0.05) is 13.8 Å². The molecule has 0 spiro atoms. The number of hydrogen-bond donors (Lipinski definition) is 1. The fraction of sp³-hybridized carbons (Fsp3) is 0.455. The van der Waals surface area contributed by atoms with Crippen molar-refractivity contribution in [1.29, 1.82) is 5.26 Å². The lowest BCUT2D eigenvalue weighted by Gasteiger charge is -2.13. The Hall–Kier alpha value is -1.96. The van der Waals surface area contributed by atoms with Crippen LogP contribution in [0.15, 0.2) is 18.6 Å². The molecule has 1 aliphatic rings. The summed E-state index contributed by atoms with van der Waals surface area (Å²) < 4.78 is 0. The number of aromatic nitrogens is 2. The van der Waals surface area contributed by atoms with Gasteiger partial charge in [-0.15, -0.1) is 0 Å². The molecular weight excluding hydrogens is 204 g/mol. The van der Waals surface area contributed by atoms with Crippen LogP contribution in [0.3, 0.4) is 0 Å². The Morgan fingerprint density at radius 3 is 2.75 bits per heavy atom. The van der Waals surface area contributed by atoms with Gasteiger partial charge in [0.2, 0.25) is 0 Å². The van der Waals surface area contributed by atoms with Crippen molar-refractivity contribution in [2.45, 2.75) is 25.8 Å². The van der Waals surface area contributed by atoms with E-state index in [1.54, 1.807) is 0 Å². The van der Waals surface area contributed by atoms with E-state index in [4.69, 9.17) is 5.26 Å². The molecule has 1 amide bonds. The number of amides is 1.